The highest BCUT2D eigenvalue weighted by Gasteiger charge is 2.23. The van der Waals surface area contributed by atoms with E-state index >= 15 is 0 Å². The number of hydrogen-bond donors (Lipinski definition) is 4. The predicted molar refractivity (Wildman–Crippen MR) is 102 cm³/mol. The van der Waals surface area contributed by atoms with Gasteiger partial charge in [0.1, 0.15) is 31.8 Å². The molecule has 2 atom stereocenters. The van der Waals surface area contributed by atoms with Gasteiger partial charge in [-0.2, -0.15) is 0 Å². The van der Waals surface area contributed by atoms with Crippen LogP contribution >= 0.6 is 11.9 Å². The number of aliphatic carboxylic acids is 1. The molecule has 0 fully saturated rings. The molecule has 0 bridgehead atoms. The first-order chi connectivity index (χ1) is 13.0. The largest absolute Gasteiger partial charge is 0.480 e. The van der Waals surface area contributed by atoms with Gasteiger partial charge in [-0.3, -0.25) is 19.2 Å². The number of esters is 1. The standard InChI is InChI=1S/C15H27N5O7S/c1-20(2,3)6-7-27-15(25)10(16)4-5-12(21)18-11(9-28-19-26)14(24)17-8-13(22)23/h10-11H,4-9,16H2,1-3H3,(H2-,17,18,21,22,23,24)/p+1/t10-,11+/m0/s1. The first kappa shape index (κ1) is 25.8. The molecule has 13 heteroatoms. The van der Waals surface area contributed by atoms with E-state index < -0.39 is 42.4 Å². The molecule has 2 amide bonds. The number of nitrogens with zero attached hydrogens (tertiary/aromatic N) is 2. The van der Waals surface area contributed by atoms with Crippen LogP contribution in [0, 0.1) is 4.91 Å². The summed E-state index contributed by atoms with van der Waals surface area (Å²) in [5, 5.41) is 13.0. The molecular weight excluding hydrogens is 394 g/mol. The number of nitrogens with one attached hydrogen (secondary N) is 2. The summed E-state index contributed by atoms with van der Waals surface area (Å²) < 4.78 is 8.21. The van der Waals surface area contributed by atoms with Crippen LogP contribution < -0.4 is 16.4 Å². The third-order valence-corrected chi connectivity index (χ3v) is 3.94. The van der Waals surface area contributed by atoms with E-state index in [1.807, 2.05) is 21.1 Å². The molecule has 0 unspecified atom stereocenters. The Morgan fingerprint density at radius 3 is 2.43 bits per heavy atom. The number of quaternary nitrogens is 1. The summed E-state index contributed by atoms with van der Waals surface area (Å²) >= 11 is 0.507. The minimum absolute atomic E-state index is 0.00240. The van der Waals surface area contributed by atoms with Gasteiger partial charge >= 0.3 is 11.9 Å². The molecule has 0 rings (SSSR count). The summed E-state index contributed by atoms with van der Waals surface area (Å²) in [7, 11) is 5.83. The van der Waals surface area contributed by atoms with Crippen molar-refractivity contribution in [1.82, 2.24) is 10.6 Å². The van der Waals surface area contributed by atoms with Crippen LogP contribution in [0.25, 0.3) is 0 Å². The van der Waals surface area contributed by atoms with E-state index in [4.69, 9.17) is 15.6 Å². The van der Waals surface area contributed by atoms with Crippen LogP contribution in [0.3, 0.4) is 0 Å². The van der Waals surface area contributed by atoms with Gasteiger partial charge in [-0.05, 0) is 6.42 Å². The molecule has 0 saturated heterocycles. The third-order valence-electron chi connectivity index (χ3n) is 3.35. The zero-order valence-corrected chi connectivity index (χ0v) is 17.0. The summed E-state index contributed by atoms with van der Waals surface area (Å²) in [4.78, 5) is 56.4. The van der Waals surface area contributed by atoms with Gasteiger partial charge in [0.15, 0.2) is 0 Å². The Balaban J connectivity index is 4.43. The summed E-state index contributed by atoms with van der Waals surface area (Å²) in [5.41, 5.74) is 5.70. The van der Waals surface area contributed by atoms with E-state index in [0.29, 0.717) is 23.0 Å². The lowest BCUT2D eigenvalue weighted by Crippen LogP contribution is -2.49. The van der Waals surface area contributed by atoms with Crippen LogP contribution in [0.2, 0.25) is 0 Å². The Morgan fingerprint density at radius 1 is 1.25 bits per heavy atom. The van der Waals surface area contributed by atoms with Crippen LogP contribution in [0.4, 0.5) is 0 Å². The number of ether oxygens (including phenoxy) is 1. The first-order valence-corrected chi connectivity index (χ1v) is 9.36. The maximum atomic E-state index is 12.0. The fourth-order valence-corrected chi connectivity index (χ4v) is 2.22. The number of nitroso groups, excluding NO2 is 1. The van der Waals surface area contributed by atoms with Gasteiger partial charge in [0, 0.05) is 28.7 Å². The summed E-state index contributed by atoms with van der Waals surface area (Å²) in [5.74, 6) is -3.40. The monoisotopic (exact) mass is 422 g/mol. The van der Waals surface area contributed by atoms with Crippen molar-refractivity contribution in [3.8, 4) is 0 Å². The highest BCUT2D eigenvalue weighted by atomic mass is 32.2. The second-order valence-corrected chi connectivity index (χ2v) is 7.67. The number of carboxylic acids is 1. The molecule has 0 heterocycles. The van der Waals surface area contributed by atoms with Crippen molar-refractivity contribution in [2.24, 2.45) is 10.3 Å². The number of carboxylic acid groups (broad SMARTS) is 1. The van der Waals surface area contributed by atoms with Crippen LogP contribution in [0.15, 0.2) is 4.58 Å². The zero-order valence-electron chi connectivity index (χ0n) is 16.2. The maximum Gasteiger partial charge on any atom is 0.323 e. The van der Waals surface area contributed by atoms with Gasteiger partial charge in [0.2, 0.25) is 11.8 Å². The summed E-state index contributed by atoms with van der Waals surface area (Å²) in [6, 6.07) is -2.15. The van der Waals surface area contributed by atoms with Gasteiger partial charge in [0.05, 0.1) is 21.1 Å². The number of rotatable bonds is 14. The highest BCUT2D eigenvalue weighted by Crippen LogP contribution is 2.05. The predicted octanol–water partition coefficient (Wildman–Crippen LogP) is -1.56. The molecule has 0 spiro atoms. The smallest absolute Gasteiger partial charge is 0.323 e. The molecule has 0 radical (unpaired) electrons. The van der Waals surface area contributed by atoms with Gasteiger partial charge in [-0.25, -0.2) is 0 Å². The zero-order chi connectivity index (χ0) is 21.7. The van der Waals surface area contributed by atoms with Crippen LogP contribution in [0.5, 0.6) is 0 Å². The lowest BCUT2D eigenvalue weighted by atomic mass is 10.1. The van der Waals surface area contributed by atoms with Crippen molar-refractivity contribution in [2.45, 2.75) is 24.9 Å². The molecule has 0 aliphatic heterocycles. The van der Waals surface area contributed by atoms with Crippen molar-refractivity contribution in [1.29, 1.82) is 0 Å². The molecule has 0 aromatic rings. The molecule has 5 N–H and O–H groups in total. The molecule has 0 saturated carbocycles. The van der Waals surface area contributed by atoms with E-state index in [9.17, 15) is 24.1 Å². The minimum atomic E-state index is -1.26. The fraction of sp³-hybridized carbons (Fsp3) is 0.733. The average molecular weight is 422 g/mol. The first-order valence-electron chi connectivity index (χ1n) is 8.42. The lowest BCUT2D eigenvalue weighted by Gasteiger charge is -2.23. The fourth-order valence-electron chi connectivity index (χ4n) is 1.77. The van der Waals surface area contributed by atoms with Crippen LogP contribution in [0.1, 0.15) is 12.8 Å². The number of hydrogen-bond acceptors (Lipinski definition) is 9. The van der Waals surface area contributed by atoms with Gasteiger partial charge in [-0.15, -0.1) is 4.91 Å². The molecule has 0 aliphatic carbocycles. The minimum Gasteiger partial charge on any atom is -0.480 e. The maximum absolute atomic E-state index is 12.0. The second kappa shape index (κ2) is 13.0. The lowest BCUT2D eigenvalue weighted by molar-refractivity contribution is -0.870. The van der Waals surface area contributed by atoms with Crippen molar-refractivity contribution in [3.63, 3.8) is 0 Å². The topological polar surface area (TPSA) is 177 Å². The van der Waals surface area contributed by atoms with Crippen LogP contribution in [-0.4, -0.2) is 92.0 Å². The number of carbonyl (C=O) groups is 4. The Hall–Kier alpha value is -2.25. The highest BCUT2D eigenvalue weighted by molar-refractivity contribution is 7.97. The molecule has 12 nitrogen and oxygen atoms in total. The van der Waals surface area contributed by atoms with Gasteiger partial charge < -0.3 is 30.7 Å². The van der Waals surface area contributed by atoms with E-state index in [2.05, 4.69) is 15.2 Å². The number of nitrogens with two attached hydrogens (primary N) is 1. The van der Waals surface area contributed by atoms with Gasteiger partial charge in [0.25, 0.3) is 0 Å². The van der Waals surface area contributed by atoms with E-state index in [0.717, 1.165) is 0 Å². The third kappa shape index (κ3) is 13.0. The normalized spacial score (nSPS) is 13.1. The van der Waals surface area contributed by atoms with E-state index in [-0.39, 0.29) is 25.2 Å². The summed E-state index contributed by atoms with van der Waals surface area (Å²) in [6.45, 7) is 0.173. The quantitative estimate of drug-likeness (QED) is 0.112. The van der Waals surface area contributed by atoms with Crippen molar-refractivity contribution in [2.75, 3.05) is 46.6 Å². The van der Waals surface area contributed by atoms with Crippen molar-refractivity contribution < 1.29 is 33.5 Å². The molecule has 0 aromatic heterocycles. The van der Waals surface area contributed by atoms with Crippen LogP contribution in [-0.2, 0) is 23.9 Å². The van der Waals surface area contributed by atoms with Crippen molar-refractivity contribution in [3.05, 3.63) is 4.91 Å². The summed E-state index contributed by atoms with van der Waals surface area (Å²) in [6.07, 6.45) is -0.162. The molecular formula is C15H28N5O7S+. The number of carbonyl (C=O) groups excluding carboxylic acids is 3. The Morgan fingerprint density at radius 2 is 1.89 bits per heavy atom. The Labute approximate surface area is 167 Å². The second-order valence-electron chi connectivity index (χ2n) is 6.93. The SMILES string of the molecule is C[N+](C)(C)CCOC(=O)[C@@H](N)CCC(=O)N[C@H](CSN=O)C(=O)NCC(=O)O. The number of likely N-dealkylation sites (N-methyl/N-ethyl adjacent to an activating group) is 1. The molecule has 0 aliphatic rings. The molecule has 0 aromatic carbocycles. The Bertz CT molecular complexity index is 567. The average Bonchev–Trinajstić information content (AvgIpc) is 2.59. The Kier molecular flexibility index (Phi) is 12.0. The van der Waals surface area contributed by atoms with E-state index in [1.54, 1.807) is 0 Å². The molecule has 28 heavy (non-hydrogen) atoms. The molecule has 160 valence electrons. The van der Waals surface area contributed by atoms with Crippen molar-refractivity contribution >= 4 is 35.7 Å². The number of amides is 2. The van der Waals surface area contributed by atoms with E-state index in [1.165, 1.54) is 0 Å². The van der Waals surface area contributed by atoms with Gasteiger partial charge in [-0.1, -0.05) is 0 Å².